The quantitative estimate of drug-likeness (QED) is 0.875. The first-order valence-corrected chi connectivity index (χ1v) is 7.65. The summed E-state index contributed by atoms with van der Waals surface area (Å²) in [5.41, 5.74) is 7.10. The fourth-order valence-electron chi connectivity index (χ4n) is 3.07. The maximum Gasteiger partial charge on any atom is 0.164 e. The fourth-order valence-corrected chi connectivity index (χ4v) is 3.79. The monoisotopic (exact) mass is 283 g/mol. The van der Waals surface area contributed by atoms with Crippen LogP contribution in [0.1, 0.15) is 25.3 Å². The van der Waals surface area contributed by atoms with Crippen LogP contribution < -0.4 is 10.6 Å². The highest BCUT2D eigenvalue weighted by Gasteiger charge is 2.42. The lowest BCUT2D eigenvalue weighted by Gasteiger charge is -2.44. The number of likely N-dealkylation sites (tertiary alicyclic amines) is 1. The molecule has 3 rings (SSSR count). The largest absolute Gasteiger partial charge is 0.404 e. The standard InChI is InChI=1S/C13H21N3O2S/c1-13(3-2-4-15(9-13)5-6-17)16-7-10-11(18-16)8-19-12(10)14/h8,17H,2-7,9,14H2,1H3. The molecule has 0 saturated carbocycles. The SMILES string of the molecule is CC1(N2Cc3c(csc3N)O2)CCCN(CCO)C1. The number of hydroxylamine groups is 2. The highest BCUT2D eigenvalue weighted by Crippen LogP contribution is 2.42. The lowest BCUT2D eigenvalue weighted by molar-refractivity contribution is -0.150. The summed E-state index contributed by atoms with van der Waals surface area (Å²) in [6.45, 7) is 5.97. The van der Waals surface area contributed by atoms with E-state index in [1.165, 1.54) is 0 Å². The molecular weight excluding hydrogens is 262 g/mol. The molecule has 0 aliphatic carbocycles. The number of anilines is 1. The molecule has 2 aliphatic rings. The Kier molecular flexibility index (Phi) is 3.42. The van der Waals surface area contributed by atoms with Crippen LogP contribution in [-0.2, 0) is 6.54 Å². The number of rotatable bonds is 3. The zero-order chi connectivity index (χ0) is 13.5. The van der Waals surface area contributed by atoms with Gasteiger partial charge in [-0.25, -0.2) is 0 Å². The van der Waals surface area contributed by atoms with E-state index >= 15 is 0 Å². The predicted octanol–water partition coefficient (Wildman–Crippen LogP) is 1.29. The molecule has 0 radical (unpaired) electrons. The molecule has 5 nitrogen and oxygen atoms in total. The van der Waals surface area contributed by atoms with Gasteiger partial charge in [0.05, 0.1) is 23.7 Å². The van der Waals surface area contributed by atoms with Crippen LogP contribution in [0.5, 0.6) is 5.75 Å². The highest BCUT2D eigenvalue weighted by atomic mass is 32.1. The van der Waals surface area contributed by atoms with E-state index in [0.29, 0.717) is 0 Å². The van der Waals surface area contributed by atoms with Crippen LogP contribution in [0, 0.1) is 0 Å². The average molecular weight is 283 g/mol. The first-order valence-electron chi connectivity index (χ1n) is 6.77. The predicted molar refractivity (Wildman–Crippen MR) is 76.1 cm³/mol. The first kappa shape index (κ1) is 13.2. The summed E-state index contributed by atoms with van der Waals surface area (Å²) < 4.78 is 0. The maximum absolute atomic E-state index is 9.10. The molecule has 0 aromatic carbocycles. The van der Waals surface area contributed by atoms with Gasteiger partial charge in [0.15, 0.2) is 5.75 Å². The molecule has 1 atom stereocenters. The second-order valence-corrected chi connectivity index (χ2v) is 6.58. The second-order valence-electron chi connectivity index (χ2n) is 5.67. The summed E-state index contributed by atoms with van der Waals surface area (Å²) in [7, 11) is 0. The lowest BCUT2D eigenvalue weighted by atomic mass is 9.90. The summed E-state index contributed by atoms with van der Waals surface area (Å²) in [6, 6.07) is 0. The fraction of sp³-hybridized carbons (Fsp3) is 0.692. The van der Waals surface area contributed by atoms with Gasteiger partial charge in [-0.1, -0.05) is 0 Å². The topological polar surface area (TPSA) is 62.0 Å². The Morgan fingerprint density at radius 3 is 3.16 bits per heavy atom. The van der Waals surface area contributed by atoms with Crippen molar-refractivity contribution in [1.29, 1.82) is 0 Å². The lowest BCUT2D eigenvalue weighted by Crippen LogP contribution is -2.56. The van der Waals surface area contributed by atoms with Gasteiger partial charge in [-0.15, -0.1) is 16.4 Å². The zero-order valence-electron chi connectivity index (χ0n) is 11.3. The van der Waals surface area contributed by atoms with Crippen molar-refractivity contribution in [2.24, 2.45) is 0 Å². The smallest absolute Gasteiger partial charge is 0.164 e. The van der Waals surface area contributed by atoms with Crippen LogP contribution in [0.2, 0.25) is 0 Å². The number of aliphatic hydroxyl groups is 1. The van der Waals surface area contributed by atoms with Gasteiger partial charge < -0.3 is 15.7 Å². The van der Waals surface area contributed by atoms with E-state index in [1.807, 2.05) is 5.38 Å². The number of fused-ring (bicyclic) bond motifs is 1. The summed E-state index contributed by atoms with van der Waals surface area (Å²) in [5.74, 6) is 0.919. The van der Waals surface area contributed by atoms with Crippen LogP contribution in [0.25, 0.3) is 0 Å². The minimum absolute atomic E-state index is 0.00343. The molecule has 0 bridgehead atoms. The Morgan fingerprint density at radius 1 is 1.58 bits per heavy atom. The number of hydrogen-bond donors (Lipinski definition) is 2. The van der Waals surface area contributed by atoms with Gasteiger partial charge in [-0.3, -0.25) is 4.90 Å². The molecule has 6 heteroatoms. The van der Waals surface area contributed by atoms with Gasteiger partial charge in [0.2, 0.25) is 0 Å². The van der Waals surface area contributed by atoms with Crippen LogP contribution in [0.4, 0.5) is 5.00 Å². The molecule has 3 N–H and O–H groups in total. The van der Waals surface area contributed by atoms with E-state index < -0.39 is 0 Å². The molecule has 1 aromatic heterocycles. The van der Waals surface area contributed by atoms with Crippen molar-refractivity contribution in [3.8, 4) is 5.75 Å². The average Bonchev–Trinajstić information content (AvgIpc) is 2.93. The van der Waals surface area contributed by atoms with Crippen molar-refractivity contribution in [3.05, 3.63) is 10.9 Å². The summed E-state index contributed by atoms with van der Waals surface area (Å²) >= 11 is 1.55. The van der Waals surface area contributed by atoms with Crippen LogP contribution in [-0.4, -0.2) is 46.8 Å². The Labute approximate surface area is 117 Å². The van der Waals surface area contributed by atoms with Gasteiger partial charge in [0.25, 0.3) is 0 Å². The zero-order valence-corrected chi connectivity index (χ0v) is 12.1. The molecule has 1 saturated heterocycles. The number of nitrogens with two attached hydrogens (primary N) is 1. The molecule has 1 unspecified atom stereocenters. The van der Waals surface area contributed by atoms with Gasteiger partial charge in [-0.05, 0) is 26.3 Å². The summed E-state index contributed by atoms with van der Waals surface area (Å²) in [4.78, 5) is 8.28. The normalized spacial score (nSPS) is 28.3. The van der Waals surface area contributed by atoms with Crippen LogP contribution in [0.3, 0.4) is 0 Å². The Bertz CT molecular complexity index is 463. The van der Waals surface area contributed by atoms with E-state index in [4.69, 9.17) is 15.7 Å². The number of β-amino-alcohol motifs (C(OH)–C–C–N with tert-alkyl or cyclic N) is 1. The molecule has 19 heavy (non-hydrogen) atoms. The van der Waals surface area contributed by atoms with Crippen molar-refractivity contribution >= 4 is 16.3 Å². The van der Waals surface area contributed by atoms with E-state index in [-0.39, 0.29) is 12.1 Å². The third-order valence-electron chi connectivity index (χ3n) is 4.17. The van der Waals surface area contributed by atoms with Gasteiger partial charge in [-0.2, -0.15) is 0 Å². The third kappa shape index (κ3) is 2.33. The number of piperidine rings is 1. The number of nitrogen functional groups attached to an aromatic ring is 1. The number of aliphatic hydroxyl groups excluding tert-OH is 1. The molecule has 2 aliphatic heterocycles. The summed E-state index contributed by atoms with van der Waals surface area (Å²) in [6.07, 6.45) is 2.25. The van der Waals surface area contributed by atoms with Crippen LogP contribution >= 0.6 is 11.3 Å². The number of hydrogen-bond acceptors (Lipinski definition) is 6. The van der Waals surface area contributed by atoms with E-state index in [2.05, 4.69) is 16.9 Å². The van der Waals surface area contributed by atoms with Crippen LogP contribution in [0.15, 0.2) is 5.38 Å². The molecular formula is C13H21N3O2S. The van der Waals surface area contributed by atoms with E-state index in [0.717, 1.165) is 55.3 Å². The number of thiophene rings is 1. The van der Waals surface area contributed by atoms with Crippen molar-refractivity contribution in [2.45, 2.75) is 31.8 Å². The van der Waals surface area contributed by atoms with E-state index in [9.17, 15) is 0 Å². The minimum atomic E-state index is -0.00343. The van der Waals surface area contributed by atoms with Gasteiger partial charge in [0, 0.05) is 24.0 Å². The Balaban J connectivity index is 1.72. The molecule has 0 spiro atoms. The maximum atomic E-state index is 9.10. The van der Waals surface area contributed by atoms with Gasteiger partial charge >= 0.3 is 0 Å². The molecule has 106 valence electrons. The summed E-state index contributed by atoms with van der Waals surface area (Å²) in [5, 5.41) is 14.0. The Hall–Kier alpha value is -0.820. The van der Waals surface area contributed by atoms with Crippen molar-refractivity contribution < 1.29 is 9.94 Å². The molecule has 0 amide bonds. The van der Waals surface area contributed by atoms with Crippen molar-refractivity contribution in [3.63, 3.8) is 0 Å². The van der Waals surface area contributed by atoms with Crippen molar-refractivity contribution in [1.82, 2.24) is 9.96 Å². The first-order chi connectivity index (χ1) is 9.12. The van der Waals surface area contributed by atoms with Crippen molar-refractivity contribution in [2.75, 3.05) is 32.0 Å². The minimum Gasteiger partial charge on any atom is -0.404 e. The van der Waals surface area contributed by atoms with Gasteiger partial charge in [0.1, 0.15) is 0 Å². The molecule has 1 aromatic rings. The molecule has 3 heterocycles. The highest BCUT2D eigenvalue weighted by molar-refractivity contribution is 7.14. The second kappa shape index (κ2) is 4.94. The molecule has 1 fully saturated rings. The van der Waals surface area contributed by atoms with E-state index in [1.54, 1.807) is 11.3 Å². The Morgan fingerprint density at radius 2 is 2.42 bits per heavy atom. The third-order valence-corrected chi connectivity index (χ3v) is 5.00. The number of nitrogens with zero attached hydrogens (tertiary/aromatic N) is 2.